The molecule has 0 saturated heterocycles. The van der Waals surface area contributed by atoms with Crippen LogP contribution in [0.4, 0.5) is 11.4 Å². The molecule has 4 aromatic carbocycles. The maximum atomic E-state index is 4.79. The van der Waals surface area contributed by atoms with E-state index in [1.165, 1.54) is 27.8 Å². The van der Waals surface area contributed by atoms with Crippen molar-refractivity contribution in [3.63, 3.8) is 0 Å². The number of hydrogen-bond acceptors (Lipinski definition) is 1. The van der Waals surface area contributed by atoms with Gasteiger partial charge in [-0.2, -0.15) is 0 Å². The van der Waals surface area contributed by atoms with Gasteiger partial charge in [-0.1, -0.05) is 86.1 Å². The Kier molecular flexibility index (Phi) is 4.94. The van der Waals surface area contributed by atoms with Gasteiger partial charge in [0.1, 0.15) is 5.84 Å². The number of fused-ring (bicyclic) bond motifs is 3. The van der Waals surface area contributed by atoms with Gasteiger partial charge in [0.15, 0.2) is 0 Å². The largest absolute Gasteiger partial charge is 0.295 e. The van der Waals surface area contributed by atoms with Gasteiger partial charge in [-0.3, -0.25) is 9.89 Å². The molecule has 2 nitrogen and oxygen atoms in total. The molecule has 0 fully saturated rings. The summed E-state index contributed by atoms with van der Waals surface area (Å²) in [6.07, 6.45) is 0. The molecule has 5 rings (SSSR count). The Morgan fingerprint density at radius 2 is 1.22 bits per heavy atom. The molecule has 0 spiro atoms. The van der Waals surface area contributed by atoms with E-state index >= 15 is 0 Å². The molecule has 0 aliphatic heterocycles. The summed E-state index contributed by atoms with van der Waals surface area (Å²) in [7, 11) is 1.88. The van der Waals surface area contributed by atoms with Crippen molar-refractivity contribution in [3.05, 3.63) is 119 Å². The lowest BCUT2D eigenvalue weighted by atomic mass is 9.81. The van der Waals surface area contributed by atoms with Crippen LogP contribution >= 0.6 is 0 Å². The average molecular weight is 417 g/mol. The highest BCUT2D eigenvalue weighted by molar-refractivity contribution is 6.14. The molecule has 0 amide bonds. The van der Waals surface area contributed by atoms with Crippen LogP contribution in [-0.4, -0.2) is 12.9 Å². The monoisotopic (exact) mass is 416 g/mol. The zero-order valence-electron chi connectivity index (χ0n) is 19.1. The number of benzene rings is 4. The van der Waals surface area contributed by atoms with E-state index in [2.05, 4.69) is 111 Å². The fraction of sp³-hybridized carbons (Fsp3) is 0.167. The first-order chi connectivity index (χ1) is 15.5. The molecule has 0 N–H and O–H groups in total. The summed E-state index contributed by atoms with van der Waals surface area (Å²) in [5.41, 5.74) is 10.0. The second-order valence-electron chi connectivity index (χ2n) is 8.99. The molecule has 1 aliphatic rings. The molecule has 0 unspecified atom stereocenters. The summed E-state index contributed by atoms with van der Waals surface area (Å²) in [5, 5.41) is 0. The maximum absolute atomic E-state index is 4.79. The Balaban J connectivity index is 1.66. The smallest absolute Gasteiger partial charge is 0.139 e. The van der Waals surface area contributed by atoms with Crippen molar-refractivity contribution in [2.45, 2.75) is 26.2 Å². The summed E-state index contributed by atoms with van der Waals surface area (Å²) < 4.78 is 0. The van der Waals surface area contributed by atoms with Gasteiger partial charge in [0.2, 0.25) is 0 Å². The highest BCUT2D eigenvalue weighted by atomic mass is 15.2. The summed E-state index contributed by atoms with van der Waals surface area (Å²) in [5.74, 6) is 0.938. The van der Waals surface area contributed by atoms with E-state index in [4.69, 9.17) is 4.99 Å². The molecule has 0 heterocycles. The van der Waals surface area contributed by atoms with Crippen LogP contribution in [0.15, 0.2) is 102 Å². The van der Waals surface area contributed by atoms with Gasteiger partial charge in [-0.05, 0) is 59.5 Å². The van der Waals surface area contributed by atoms with Gasteiger partial charge in [0, 0.05) is 29.4 Å². The van der Waals surface area contributed by atoms with Crippen LogP contribution in [0.25, 0.3) is 11.1 Å². The summed E-state index contributed by atoms with van der Waals surface area (Å²) in [6, 6.07) is 34.6. The number of rotatable bonds is 3. The number of para-hydroxylation sites is 2. The Bertz CT molecular complexity index is 1260. The molecule has 0 radical (unpaired) electrons. The van der Waals surface area contributed by atoms with Gasteiger partial charge < -0.3 is 0 Å². The van der Waals surface area contributed by atoms with Gasteiger partial charge in [0.05, 0.1) is 0 Å². The highest BCUT2D eigenvalue weighted by Crippen LogP contribution is 2.49. The Morgan fingerprint density at radius 3 is 1.78 bits per heavy atom. The second-order valence-corrected chi connectivity index (χ2v) is 8.99. The number of nitrogens with zero attached hydrogens (tertiary/aromatic N) is 2. The molecule has 0 bridgehead atoms. The number of aliphatic imine (C=N–C) groups is 1. The highest BCUT2D eigenvalue weighted by Gasteiger charge is 2.36. The Morgan fingerprint density at radius 1 is 0.688 bits per heavy atom. The van der Waals surface area contributed by atoms with Crippen molar-refractivity contribution in [3.8, 4) is 11.1 Å². The lowest BCUT2D eigenvalue weighted by Gasteiger charge is -2.28. The Labute approximate surface area is 190 Å². The van der Waals surface area contributed by atoms with Crippen molar-refractivity contribution >= 4 is 17.2 Å². The predicted molar refractivity (Wildman–Crippen MR) is 136 cm³/mol. The minimum atomic E-state index is -0.0458. The fourth-order valence-electron chi connectivity index (χ4n) is 4.90. The molecule has 0 aromatic heterocycles. The van der Waals surface area contributed by atoms with E-state index in [-0.39, 0.29) is 5.41 Å². The van der Waals surface area contributed by atoms with Crippen LogP contribution in [0.5, 0.6) is 0 Å². The lowest BCUT2D eigenvalue weighted by Crippen LogP contribution is -2.27. The SMILES string of the molecule is CN=C(c1ccc2c(c1)C(C)(C)c1cc(C)ccc1-2)N(c1ccccc1)c1ccccc1. The molecule has 1 aliphatic carbocycles. The third kappa shape index (κ3) is 3.23. The van der Waals surface area contributed by atoms with Crippen LogP contribution in [0, 0.1) is 6.92 Å². The van der Waals surface area contributed by atoms with Crippen molar-refractivity contribution in [2.75, 3.05) is 11.9 Å². The topological polar surface area (TPSA) is 15.6 Å². The number of anilines is 2. The Hall–Kier alpha value is -3.65. The summed E-state index contributed by atoms with van der Waals surface area (Å²) >= 11 is 0. The quantitative estimate of drug-likeness (QED) is 0.249. The van der Waals surface area contributed by atoms with Crippen LogP contribution in [0.1, 0.15) is 36.1 Å². The van der Waals surface area contributed by atoms with E-state index in [1.54, 1.807) is 0 Å². The van der Waals surface area contributed by atoms with Gasteiger partial charge in [-0.15, -0.1) is 0 Å². The maximum Gasteiger partial charge on any atom is 0.139 e. The first kappa shape index (κ1) is 20.3. The van der Waals surface area contributed by atoms with Crippen LogP contribution in [0.2, 0.25) is 0 Å². The second kappa shape index (κ2) is 7.80. The minimum absolute atomic E-state index is 0.0458. The van der Waals surface area contributed by atoms with Gasteiger partial charge in [0.25, 0.3) is 0 Å². The standard InChI is InChI=1S/C30H28N2/c1-21-15-17-25-26-18-16-22(20-28(26)30(2,3)27(25)19-21)29(31-4)32(23-11-7-5-8-12-23)24-13-9-6-10-14-24/h5-20H,1-4H3. The molecule has 0 atom stereocenters. The number of hydrogen-bond donors (Lipinski definition) is 0. The molecule has 4 aromatic rings. The third-order valence-corrected chi connectivity index (χ3v) is 6.54. The van der Waals surface area contributed by atoms with Crippen molar-refractivity contribution in [1.29, 1.82) is 0 Å². The fourth-order valence-corrected chi connectivity index (χ4v) is 4.90. The first-order valence-electron chi connectivity index (χ1n) is 11.1. The van der Waals surface area contributed by atoms with Crippen molar-refractivity contribution < 1.29 is 0 Å². The van der Waals surface area contributed by atoms with E-state index < -0.39 is 0 Å². The van der Waals surface area contributed by atoms with E-state index in [0.29, 0.717) is 0 Å². The predicted octanol–water partition coefficient (Wildman–Crippen LogP) is 7.52. The molecular weight excluding hydrogens is 388 g/mol. The van der Waals surface area contributed by atoms with E-state index in [0.717, 1.165) is 22.8 Å². The van der Waals surface area contributed by atoms with E-state index in [9.17, 15) is 0 Å². The van der Waals surface area contributed by atoms with Crippen LogP contribution < -0.4 is 4.90 Å². The molecule has 158 valence electrons. The third-order valence-electron chi connectivity index (χ3n) is 6.54. The zero-order chi connectivity index (χ0) is 22.3. The minimum Gasteiger partial charge on any atom is -0.295 e. The van der Waals surface area contributed by atoms with Crippen LogP contribution in [0.3, 0.4) is 0 Å². The summed E-state index contributed by atoms with van der Waals surface area (Å²) in [4.78, 5) is 7.03. The van der Waals surface area contributed by atoms with Crippen molar-refractivity contribution in [2.24, 2.45) is 4.99 Å². The molecule has 32 heavy (non-hydrogen) atoms. The van der Waals surface area contributed by atoms with Crippen LogP contribution in [-0.2, 0) is 5.41 Å². The molecular formula is C30H28N2. The van der Waals surface area contributed by atoms with Crippen molar-refractivity contribution in [1.82, 2.24) is 0 Å². The number of amidine groups is 1. The lowest BCUT2D eigenvalue weighted by molar-refractivity contribution is 0.659. The molecule has 0 saturated carbocycles. The van der Waals surface area contributed by atoms with Gasteiger partial charge in [-0.25, -0.2) is 0 Å². The molecule has 2 heteroatoms. The normalized spacial score (nSPS) is 14.1. The zero-order valence-corrected chi connectivity index (χ0v) is 19.1. The van der Waals surface area contributed by atoms with Gasteiger partial charge >= 0.3 is 0 Å². The summed E-state index contributed by atoms with van der Waals surface area (Å²) in [6.45, 7) is 6.83. The van der Waals surface area contributed by atoms with E-state index in [1.807, 2.05) is 19.2 Å². The first-order valence-corrected chi connectivity index (χ1v) is 11.1. The average Bonchev–Trinajstić information content (AvgIpc) is 3.04. The number of aryl methyl sites for hydroxylation is 1.